The van der Waals surface area contributed by atoms with Crippen LogP contribution in [-0.2, 0) is 14.3 Å². The minimum atomic E-state index is -0.417. The second-order valence-corrected chi connectivity index (χ2v) is 7.84. The second-order valence-electron chi connectivity index (χ2n) is 7.84. The van der Waals surface area contributed by atoms with E-state index in [1.807, 2.05) is 38.1 Å². The monoisotopic (exact) mass is 410 g/mol. The number of hydrogen-bond acceptors (Lipinski definition) is 4. The van der Waals surface area contributed by atoms with E-state index in [0.29, 0.717) is 17.2 Å². The molecule has 1 heterocycles. The number of nitrogens with zero attached hydrogens (tertiary/aromatic N) is 1. The number of carbonyl (C=O) groups excluding carboxylic acids is 2. The smallest absolute Gasteiger partial charge is 0.278 e. The van der Waals surface area contributed by atoms with Crippen LogP contribution < -0.4 is 5.32 Å². The molecule has 0 saturated carbocycles. The van der Waals surface area contributed by atoms with E-state index in [4.69, 9.17) is 4.74 Å². The van der Waals surface area contributed by atoms with Crippen molar-refractivity contribution in [1.82, 2.24) is 4.90 Å². The minimum absolute atomic E-state index is 0.000553. The zero-order chi connectivity index (χ0) is 21.8. The Balaban J connectivity index is 1.93. The maximum atomic E-state index is 13.4. The number of rotatable bonds is 8. The molecule has 0 bridgehead atoms. The molecule has 6 heteroatoms. The van der Waals surface area contributed by atoms with Gasteiger partial charge in [0.1, 0.15) is 11.5 Å². The highest BCUT2D eigenvalue weighted by Crippen LogP contribution is 2.31. The van der Waals surface area contributed by atoms with Gasteiger partial charge in [0.15, 0.2) is 0 Å². The molecular weight excluding hydrogens is 383 g/mol. The van der Waals surface area contributed by atoms with Gasteiger partial charge < -0.3 is 10.1 Å². The summed E-state index contributed by atoms with van der Waals surface area (Å²) < 4.78 is 18.9. The average molecular weight is 410 g/mol. The number of amides is 2. The highest BCUT2D eigenvalue weighted by molar-refractivity contribution is 6.36. The fourth-order valence-corrected chi connectivity index (χ4v) is 3.25. The van der Waals surface area contributed by atoms with E-state index < -0.39 is 17.6 Å². The van der Waals surface area contributed by atoms with Gasteiger partial charge in [0, 0.05) is 5.69 Å². The van der Waals surface area contributed by atoms with E-state index in [9.17, 15) is 14.0 Å². The van der Waals surface area contributed by atoms with Gasteiger partial charge in [-0.05, 0) is 55.2 Å². The van der Waals surface area contributed by atoms with Crippen LogP contribution in [0.3, 0.4) is 0 Å². The SMILES string of the molecule is CC(C)OCCN1C(=O)C(Nc2ccc(C(C)C)cc2)=C(c2ccc(F)cc2)C1=O. The lowest BCUT2D eigenvalue weighted by molar-refractivity contribution is -0.137. The largest absolute Gasteiger partial charge is 0.377 e. The molecule has 0 radical (unpaired) electrons. The molecule has 0 atom stereocenters. The average Bonchev–Trinajstić information content (AvgIpc) is 2.93. The maximum Gasteiger partial charge on any atom is 0.278 e. The first-order valence-corrected chi connectivity index (χ1v) is 10.1. The van der Waals surface area contributed by atoms with Gasteiger partial charge in [-0.3, -0.25) is 14.5 Å². The Hall–Kier alpha value is -2.99. The Morgan fingerprint density at radius 2 is 1.57 bits per heavy atom. The first-order valence-electron chi connectivity index (χ1n) is 10.1. The van der Waals surface area contributed by atoms with E-state index in [2.05, 4.69) is 19.2 Å². The minimum Gasteiger partial charge on any atom is -0.377 e. The van der Waals surface area contributed by atoms with Crippen molar-refractivity contribution in [3.05, 3.63) is 71.2 Å². The van der Waals surface area contributed by atoms with Crippen molar-refractivity contribution in [2.75, 3.05) is 18.5 Å². The first kappa shape index (κ1) is 21.7. The lowest BCUT2D eigenvalue weighted by Crippen LogP contribution is -2.35. The highest BCUT2D eigenvalue weighted by atomic mass is 19.1. The van der Waals surface area contributed by atoms with Crippen molar-refractivity contribution < 1.29 is 18.7 Å². The van der Waals surface area contributed by atoms with Crippen LogP contribution in [0.2, 0.25) is 0 Å². The number of halogens is 1. The van der Waals surface area contributed by atoms with Crippen molar-refractivity contribution >= 4 is 23.1 Å². The summed E-state index contributed by atoms with van der Waals surface area (Å²) in [5, 5.41) is 3.11. The van der Waals surface area contributed by atoms with Crippen LogP contribution >= 0.6 is 0 Å². The number of benzene rings is 2. The first-order chi connectivity index (χ1) is 14.3. The summed E-state index contributed by atoms with van der Waals surface area (Å²) in [6.07, 6.45) is -0.000553. The summed E-state index contributed by atoms with van der Waals surface area (Å²) in [6.45, 7) is 8.40. The molecule has 0 unspecified atom stereocenters. The molecule has 5 nitrogen and oxygen atoms in total. The van der Waals surface area contributed by atoms with Crippen molar-refractivity contribution in [2.45, 2.75) is 39.7 Å². The highest BCUT2D eigenvalue weighted by Gasteiger charge is 2.39. The Kier molecular flexibility index (Phi) is 6.67. The van der Waals surface area contributed by atoms with Crippen LogP contribution in [0.1, 0.15) is 44.7 Å². The molecule has 1 aliphatic heterocycles. The van der Waals surface area contributed by atoms with E-state index in [1.165, 1.54) is 34.7 Å². The zero-order valence-corrected chi connectivity index (χ0v) is 17.7. The molecule has 1 N–H and O–H groups in total. The molecule has 2 aromatic rings. The Morgan fingerprint density at radius 3 is 2.13 bits per heavy atom. The summed E-state index contributed by atoms with van der Waals surface area (Å²) in [6, 6.07) is 13.3. The van der Waals surface area contributed by atoms with Gasteiger partial charge in [0.2, 0.25) is 0 Å². The molecule has 1 aliphatic rings. The molecule has 2 aromatic carbocycles. The number of imide groups is 1. The Bertz CT molecular complexity index is 947. The zero-order valence-electron chi connectivity index (χ0n) is 17.7. The van der Waals surface area contributed by atoms with Crippen LogP contribution in [0.15, 0.2) is 54.2 Å². The number of carbonyl (C=O) groups is 2. The lowest BCUT2D eigenvalue weighted by Gasteiger charge is -2.16. The van der Waals surface area contributed by atoms with Gasteiger partial charge in [0.05, 0.1) is 24.8 Å². The van der Waals surface area contributed by atoms with Crippen LogP contribution in [-0.4, -0.2) is 36.0 Å². The summed E-state index contributed by atoms with van der Waals surface area (Å²) in [5.74, 6) is -0.851. The van der Waals surface area contributed by atoms with E-state index in [0.717, 1.165) is 0 Å². The van der Waals surface area contributed by atoms with Crippen molar-refractivity contribution in [2.24, 2.45) is 0 Å². The lowest BCUT2D eigenvalue weighted by atomic mass is 10.0. The third kappa shape index (κ3) is 4.76. The fraction of sp³-hybridized carbons (Fsp3) is 0.333. The van der Waals surface area contributed by atoms with E-state index in [1.54, 1.807) is 0 Å². The standard InChI is InChI=1S/C24H27FN2O3/c1-15(2)17-7-11-20(12-8-17)26-22-21(18-5-9-19(25)10-6-18)23(28)27(24(22)29)13-14-30-16(3)4/h5-12,15-16,26H,13-14H2,1-4H3. The van der Waals surface area contributed by atoms with E-state index >= 15 is 0 Å². The molecule has 0 spiro atoms. The van der Waals surface area contributed by atoms with Gasteiger partial charge >= 0.3 is 0 Å². The van der Waals surface area contributed by atoms with Crippen LogP contribution in [0.25, 0.3) is 5.57 Å². The molecule has 0 aromatic heterocycles. The van der Waals surface area contributed by atoms with Gasteiger partial charge in [-0.1, -0.05) is 38.1 Å². The van der Waals surface area contributed by atoms with Crippen molar-refractivity contribution in [3.63, 3.8) is 0 Å². The Morgan fingerprint density at radius 1 is 0.933 bits per heavy atom. The molecule has 2 amide bonds. The van der Waals surface area contributed by atoms with Gasteiger partial charge in [-0.2, -0.15) is 0 Å². The molecule has 0 aliphatic carbocycles. The third-order valence-electron chi connectivity index (χ3n) is 4.91. The topological polar surface area (TPSA) is 58.6 Å². The molecule has 158 valence electrons. The quantitative estimate of drug-likeness (QED) is 0.648. The number of anilines is 1. The van der Waals surface area contributed by atoms with Gasteiger partial charge in [-0.25, -0.2) is 4.39 Å². The molecule has 30 heavy (non-hydrogen) atoms. The number of ether oxygens (including phenoxy) is 1. The Labute approximate surface area is 176 Å². The van der Waals surface area contributed by atoms with Crippen LogP contribution in [0.4, 0.5) is 10.1 Å². The summed E-state index contributed by atoms with van der Waals surface area (Å²) in [5.41, 5.74) is 2.79. The number of hydrogen-bond donors (Lipinski definition) is 1. The number of nitrogens with one attached hydrogen (secondary N) is 1. The summed E-state index contributed by atoms with van der Waals surface area (Å²) in [4.78, 5) is 27.3. The van der Waals surface area contributed by atoms with Gasteiger partial charge in [-0.15, -0.1) is 0 Å². The summed E-state index contributed by atoms with van der Waals surface area (Å²) in [7, 11) is 0. The fourth-order valence-electron chi connectivity index (χ4n) is 3.25. The van der Waals surface area contributed by atoms with E-state index in [-0.39, 0.29) is 30.5 Å². The molecule has 3 rings (SSSR count). The van der Waals surface area contributed by atoms with Crippen molar-refractivity contribution in [1.29, 1.82) is 0 Å². The maximum absolute atomic E-state index is 13.4. The van der Waals surface area contributed by atoms with Crippen molar-refractivity contribution in [3.8, 4) is 0 Å². The van der Waals surface area contributed by atoms with Gasteiger partial charge in [0.25, 0.3) is 11.8 Å². The summed E-state index contributed by atoms with van der Waals surface area (Å²) >= 11 is 0. The normalized spacial score (nSPS) is 14.4. The predicted octanol–water partition coefficient (Wildman–Crippen LogP) is 4.57. The predicted molar refractivity (Wildman–Crippen MR) is 115 cm³/mol. The molecular formula is C24H27FN2O3. The third-order valence-corrected chi connectivity index (χ3v) is 4.91. The molecule has 0 saturated heterocycles. The van der Waals surface area contributed by atoms with Crippen LogP contribution in [0.5, 0.6) is 0 Å². The molecule has 0 fully saturated rings. The van der Waals surface area contributed by atoms with Crippen LogP contribution in [0, 0.1) is 5.82 Å². The second kappa shape index (κ2) is 9.22.